The number of nitrogen functional groups attached to an aromatic ring is 1. The third-order valence-electron chi connectivity index (χ3n) is 3.54. The molecule has 0 saturated heterocycles. The molecule has 0 fully saturated rings. The van der Waals surface area contributed by atoms with Crippen molar-refractivity contribution in [3.05, 3.63) is 65.9 Å². The van der Waals surface area contributed by atoms with Crippen LogP contribution in [0.15, 0.2) is 54.7 Å². The Balaban J connectivity index is 2.07. The van der Waals surface area contributed by atoms with E-state index in [9.17, 15) is 0 Å². The van der Waals surface area contributed by atoms with E-state index in [0.717, 1.165) is 16.9 Å². The van der Waals surface area contributed by atoms with Crippen LogP contribution >= 0.6 is 0 Å². The van der Waals surface area contributed by atoms with E-state index >= 15 is 0 Å². The van der Waals surface area contributed by atoms with Gasteiger partial charge in [0.1, 0.15) is 5.69 Å². The van der Waals surface area contributed by atoms with Crippen LogP contribution in [0.2, 0.25) is 0 Å². The summed E-state index contributed by atoms with van der Waals surface area (Å²) in [5.41, 5.74) is 12.2. The van der Waals surface area contributed by atoms with Crippen molar-refractivity contribution in [3.63, 3.8) is 0 Å². The molecule has 0 aliphatic rings. The molecule has 1 aromatic heterocycles. The fourth-order valence-corrected chi connectivity index (χ4v) is 2.21. The normalized spacial score (nSPS) is 10.7. The van der Waals surface area contributed by atoms with Gasteiger partial charge in [0.15, 0.2) is 0 Å². The molecule has 0 amide bonds. The number of nitrogens with zero attached hydrogens (tertiary/aromatic N) is 2. The molecule has 1 heterocycles. The van der Waals surface area contributed by atoms with E-state index in [1.807, 2.05) is 41.2 Å². The van der Waals surface area contributed by atoms with Gasteiger partial charge in [0.25, 0.3) is 0 Å². The van der Waals surface area contributed by atoms with E-state index in [2.05, 4.69) is 37.1 Å². The fourth-order valence-electron chi connectivity index (χ4n) is 2.21. The van der Waals surface area contributed by atoms with E-state index in [0.29, 0.717) is 5.69 Å². The molecule has 0 aliphatic heterocycles. The first-order valence-corrected chi connectivity index (χ1v) is 6.63. The van der Waals surface area contributed by atoms with Gasteiger partial charge in [-0.15, -0.1) is 0 Å². The molecule has 0 unspecified atom stereocenters. The lowest BCUT2D eigenvalue weighted by Crippen LogP contribution is -1.94. The Morgan fingerprint density at radius 1 is 0.950 bits per heavy atom. The van der Waals surface area contributed by atoms with Gasteiger partial charge in [-0.2, -0.15) is 5.10 Å². The molecule has 3 rings (SSSR count). The Morgan fingerprint density at radius 3 is 2.40 bits per heavy atom. The Hall–Kier alpha value is -2.55. The largest absolute Gasteiger partial charge is 0.396 e. The molecule has 20 heavy (non-hydrogen) atoms. The van der Waals surface area contributed by atoms with Crippen molar-refractivity contribution >= 4 is 5.69 Å². The highest BCUT2D eigenvalue weighted by Crippen LogP contribution is 2.27. The second-order valence-electron chi connectivity index (χ2n) is 5.01. The van der Waals surface area contributed by atoms with Crippen molar-refractivity contribution in [1.82, 2.24) is 9.78 Å². The molecule has 3 nitrogen and oxygen atoms in total. The maximum absolute atomic E-state index is 6.12. The first kappa shape index (κ1) is 12.5. The van der Waals surface area contributed by atoms with Crippen LogP contribution in [0.3, 0.4) is 0 Å². The van der Waals surface area contributed by atoms with Gasteiger partial charge in [0.2, 0.25) is 0 Å². The average molecular weight is 263 g/mol. The zero-order chi connectivity index (χ0) is 14.1. The van der Waals surface area contributed by atoms with Gasteiger partial charge < -0.3 is 5.73 Å². The monoisotopic (exact) mass is 263 g/mol. The standard InChI is InChI=1S/C17H17N3/c1-12-8-9-14(10-13(12)2)17-16(18)11-20(19-17)15-6-4-3-5-7-15/h3-11H,18H2,1-2H3. The van der Waals surface area contributed by atoms with Crippen molar-refractivity contribution in [3.8, 4) is 16.9 Å². The van der Waals surface area contributed by atoms with Crippen molar-refractivity contribution in [1.29, 1.82) is 0 Å². The summed E-state index contributed by atoms with van der Waals surface area (Å²) in [6, 6.07) is 16.3. The van der Waals surface area contributed by atoms with Crippen molar-refractivity contribution < 1.29 is 0 Å². The number of nitrogens with two attached hydrogens (primary N) is 1. The van der Waals surface area contributed by atoms with Crippen LogP contribution in [-0.2, 0) is 0 Å². The van der Waals surface area contributed by atoms with Crippen molar-refractivity contribution in [2.45, 2.75) is 13.8 Å². The minimum atomic E-state index is 0.692. The summed E-state index contributed by atoms with van der Waals surface area (Å²) in [5.74, 6) is 0. The van der Waals surface area contributed by atoms with E-state index in [1.54, 1.807) is 0 Å². The number of aryl methyl sites for hydroxylation is 2. The van der Waals surface area contributed by atoms with Crippen molar-refractivity contribution in [2.24, 2.45) is 0 Å². The zero-order valence-corrected chi connectivity index (χ0v) is 11.7. The zero-order valence-electron chi connectivity index (χ0n) is 11.7. The number of hydrogen-bond donors (Lipinski definition) is 1. The maximum Gasteiger partial charge on any atom is 0.116 e. The number of anilines is 1. The van der Waals surface area contributed by atoms with Gasteiger partial charge in [-0.3, -0.25) is 0 Å². The molecule has 3 aromatic rings. The molecule has 2 aromatic carbocycles. The molecule has 0 aliphatic carbocycles. The number of benzene rings is 2. The van der Waals surface area contributed by atoms with Crippen LogP contribution < -0.4 is 5.73 Å². The second-order valence-corrected chi connectivity index (χ2v) is 5.01. The first-order valence-electron chi connectivity index (χ1n) is 6.63. The highest BCUT2D eigenvalue weighted by Gasteiger charge is 2.10. The second kappa shape index (κ2) is 4.85. The molecule has 2 N–H and O–H groups in total. The lowest BCUT2D eigenvalue weighted by Gasteiger charge is -2.03. The topological polar surface area (TPSA) is 43.8 Å². The van der Waals surface area contributed by atoms with Crippen LogP contribution in [-0.4, -0.2) is 9.78 Å². The fraction of sp³-hybridized carbons (Fsp3) is 0.118. The van der Waals surface area contributed by atoms with E-state index in [1.165, 1.54) is 11.1 Å². The lowest BCUT2D eigenvalue weighted by atomic mass is 10.0. The van der Waals surface area contributed by atoms with Crippen molar-refractivity contribution in [2.75, 3.05) is 5.73 Å². The Bertz CT molecular complexity index is 742. The Morgan fingerprint density at radius 2 is 1.70 bits per heavy atom. The maximum atomic E-state index is 6.12. The highest BCUT2D eigenvalue weighted by molar-refractivity contribution is 5.73. The Labute approximate surface area is 118 Å². The number of para-hydroxylation sites is 1. The summed E-state index contributed by atoms with van der Waals surface area (Å²) in [6.45, 7) is 4.20. The quantitative estimate of drug-likeness (QED) is 0.765. The summed E-state index contributed by atoms with van der Waals surface area (Å²) >= 11 is 0. The first-order chi connectivity index (χ1) is 9.65. The predicted molar refractivity (Wildman–Crippen MR) is 82.9 cm³/mol. The predicted octanol–water partition coefficient (Wildman–Crippen LogP) is 3.74. The summed E-state index contributed by atoms with van der Waals surface area (Å²) in [4.78, 5) is 0. The minimum absolute atomic E-state index is 0.692. The minimum Gasteiger partial charge on any atom is -0.396 e. The lowest BCUT2D eigenvalue weighted by molar-refractivity contribution is 0.884. The number of rotatable bonds is 2. The third-order valence-corrected chi connectivity index (χ3v) is 3.54. The number of aromatic nitrogens is 2. The molecule has 0 bridgehead atoms. The van der Waals surface area contributed by atoms with Crippen LogP contribution in [0.5, 0.6) is 0 Å². The third kappa shape index (κ3) is 2.18. The van der Waals surface area contributed by atoms with Gasteiger partial charge in [-0.25, -0.2) is 4.68 Å². The van der Waals surface area contributed by atoms with Gasteiger partial charge >= 0.3 is 0 Å². The highest BCUT2D eigenvalue weighted by atomic mass is 15.3. The molecule has 100 valence electrons. The van der Waals surface area contributed by atoms with Crippen LogP contribution in [0.25, 0.3) is 16.9 Å². The average Bonchev–Trinajstić information content (AvgIpc) is 2.85. The molecule has 0 radical (unpaired) electrons. The van der Waals surface area contributed by atoms with E-state index in [4.69, 9.17) is 5.73 Å². The molecule has 3 heteroatoms. The van der Waals surface area contributed by atoms with Crippen LogP contribution in [0, 0.1) is 13.8 Å². The van der Waals surface area contributed by atoms with E-state index in [-0.39, 0.29) is 0 Å². The summed E-state index contributed by atoms with van der Waals surface area (Å²) in [6.07, 6.45) is 1.86. The SMILES string of the molecule is Cc1ccc(-c2nn(-c3ccccc3)cc2N)cc1C. The van der Waals surface area contributed by atoms with Crippen LogP contribution in [0.4, 0.5) is 5.69 Å². The summed E-state index contributed by atoms with van der Waals surface area (Å²) < 4.78 is 1.82. The van der Waals surface area contributed by atoms with Gasteiger partial charge in [-0.05, 0) is 43.2 Å². The molecule has 0 atom stereocenters. The molecular weight excluding hydrogens is 246 g/mol. The molecule has 0 saturated carbocycles. The van der Waals surface area contributed by atoms with Crippen LogP contribution in [0.1, 0.15) is 11.1 Å². The van der Waals surface area contributed by atoms with Gasteiger partial charge in [0.05, 0.1) is 17.6 Å². The summed E-state index contributed by atoms with van der Waals surface area (Å²) in [5, 5.41) is 4.61. The Kier molecular flexibility index (Phi) is 3.03. The molecule has 0 spiro atoms. The molecular formula is C17H17N3. The smallest absolute Gasteiger partial charge is 0.116 e. The van der Waals surface area contributed by atoms with Gasteiger partial charge in [0, 0.05) is 5.56 Å². The van der Waals surface area contributed by atoms with E-state index < -0.39 is 0 Å². The number of hydrogen-bond acceptors (Lipinski definition) is 2. The van der Waals surface area contributed by atoms with Gasteiger partial charge in [-0.1, -0.05) is 30.3 Å². The summed E-state index contributed by atoms with van der Waals surface area (Å²) in [7, 11) is 0.